The summed E-state index contributed by atoms with van der Waals surface area (Å²) in [4.78, 5) is 15.0. The molecule has 0 aliphatic carbocycles. The molecule has 2 aromatic rings. The van der Waals surface area contributed by atoms with E-state index in [1.165, 1.54) is 28.2 Å². The number of hydrazone groups is 1. The monoisotopic (exact) mass is 367 g/mol. The maximum Gasteiger partial charge on any atom is 0.281 e. The summed E-state index contributed by atoms with van der Waals surface area (Å²) in [6.07, 6.45) is 5.13. The normalized spacial score (nSPS) is 15.7. The number of hydrogen-bond acceptors (Lipinski definition) is 4. The molecule has 1 N–H and O–H groups in total. The van der Waals surface area contributed by atoms with Crippen LogP contribution >= 0.6 is 11.3 Å². The van der Waals surface area contributed by atoms with E-state index in [0.29, 0.717) is 4.88 Å². The Bertz CT molecular complexity index is 850. The van der Waals surface area contributed by atoms with E-state index in [2.05, 4.69) is 67.4 Å². The van der Waals surface area contributed by atoms with Gasteiger partial charge in [-0.05, 0) is 61.9 Å². The fourth-order valence-corrected chi connectivity index (χ4v) is 4.06. The summed E-state index contributed by atoms with van der Waals surface area (Å²) < 4.78 is 0. The summed E-state index contributed by atoms with van der Waals surface area (Å²) in [5, 5.41) is 5.98. The zero-order chi connectivity index (χ0) is 18.7. The van der Waals surface area contributed by atoms with Crippen molar-refractivity contribution in [1.29, 1.82) is 0 Å². The molecule has 3 rings (SSSR count). The minimum atomic E-state index is -0.179. The van der Waals surface area contributed by atoms with Crippen molar-refractivity contribution in [2.24, 2.45) is 5.10 Å². The van der Waals surface area contributed by atoms with Crippen molar-refractivity contribution < 1.29 is 4.79 Å². The van der Waals surface area contributed by atoms with Crippen LogP contribution in [0.1, 0.15) is 54.9 Å². The smallest absolute Gasteiger partial charge is 0.281 e. The minimum absolute atomic E-state index is 0.0113. The molecule has 1 aromatic carbocycles. The van der Waals surface area contributed by atoms with Gasteiger partial charge in [0.1, 0.15) is 0 Å². The van der Waals surface area contributed by atoms with Crippen LogP contribution in [0.2, 0.25) is 0 Å². The molecule has 0 unspecified atom stereocenters. The Kier molecular flexibility index (Phi) is 5.28. The third kappa shape index (κ3) is 3.73. The third-order valence-electron chi connectivity index (χ3n) is 4.57. The number of thiophene rings is 1. The Morgan fingerprint density at radius 1 is 1.35 bits per heavy atom. The van der Waals surface area contributed by atoms with Crippen molar-refractivity contribution in [3.05, 3.63) is 57.8 Å². The molecule has 0 spiro atoms. The molecule has 1 aliphatic heterocycles. The van der Waals surface area contributed by atoms with Crippen LogP contribution < -0.4 is 10.3 Å². The first-order valence-corrected chi connectivity index (χ1v) is 9.79. The lowest BCUT2D eigenvalue weighted by atomic mass is 9.88. The molecule has 136 valence electrons. The fraction of sp³-hybridized carbons (Fsp3) is 0.333. The fourth-order valence-electron chi connectivity index (χ4n) is 3.44. The first-order chi connectivity index (χ1) is 12.4. The van der Waals surface area contributed by atoms with Crippen molar-refractivity contribution in [3.63, 3.8) is 0 Å². The van der Waals surface area contributed by atoms with Gasteiger partial charge < -0.3 is 4.90 Å². The predicted molar refractivity (Wildman–Crippen MR) is 111 cm³/mol. The number of nitrogens with zero attached hydrogens (tertiary/aromatic N) is 2. The third-order valence-corrected chi connectivity index (χ3v) is 5.44. The maximum absolute atomic E-state index is 11.9. The van der Waals surface area contributed by atoms with Gasteiger partial charge in [-0.15, -0.1) is 11.3 Å². The average molecular weight is 368 g/mol. The van der Waals surface area contributed by atoms with E-state index in [0.717, 1.165) is 18.5 Å². The Labute approximate surface area is 159 Å². The first-order valence-electron chi connectivity index (χ1n) is 8.91. The van der Waals surface area contributed by atoms with E-state index >= 15 is 0 Å². The lowest BCUT2D eigenvalue weighted by molar-refractivity contribution is 0.0959. The number of amides is 1. The number of fused-ring (bicyclic) bond motifs is 1. The van der Waals surface area contributed by atoms with Gasteiger partial charge in [0.2, 0.25) is 0 Å². The number of hydrogen-bond donors (Lipinski definition) is 1. The Morgan fingerprint density at radius 3 is 2.85 bits per heavy atom. The van der Waals surface area contributed by atoms with Gasteiger partial charge >= 0.3 is 0 Å². The molecule has 4 nitrogen and oxygen atoms in total. The maximum atomic E-state index is 11.9. The van der Waals surface area contributed by atoms with E-state index in [9.17, 15) is 4.79 Å². The van der Waals surface area contributed by atoms with Gasteiger partial charge in [0.25, 0.3) is 5.91 Å². The lowest BCUT2D eigenvalue weighted by Crippen LogP contribution is -2.45. The number of carbonyl (C=O) groups is 1. The second-order valence-electron chi connectivity index (χ2n) is 7.09. The van der Waals surface area contributed by atoms with Crippen molar-refractivity contribution in [3.8, 4) is 0 Å². The summed E-state index contributed by atoms with van der Waals surface area (Å²) in [6.45, 7) is 9.89. The second-order valence-corrected chi connectivity index (χ2v) is 8.03. The zero-order valence-corrected chi connectivity index (χ0v) is 16.6. The summed E-state index contributed by atoms with van der Waals surface area (Å²) in [5.41, 5.74) is 7.33. The summed E-state index contributed by atoms with van der Waals surface area (Å²) in [7, 11) is 0. The van der Waals surface area contributed by atoms with E-state index in [4.69, 9.17) is 0 Å². The Balaban J connectivity index is 1.81. The molecule has 1 amide bonds. The summed E-state index contributed by atoms with van der Waals surface area (Å²) >= 11 is 1.40. The van der Waals surface area contributed by atoms with Gasteiger partial charge in [-0.2, -0.15) is 5.10 Å². The molecular formula is C21H25N3OS. The second kappa shape index (κ2) is 7.46. The average Bonchev–Trinajstić information content (AvgIpc) is 3.13. The van der Waals surface area contributed by atoms with E-state index in [1.807, 2.05) is 11.4 Å². The molecule has 2 heterocycles. The number of allylic oxidation sites excluding steroid dienone is 1. The van der Waals surface area contributed by atoms with Crippen molar-refractivity contribution >= 4 is 34.7 Å². The summed E-state index contributed by atoms with van der Waals surface area (Å²) in [6, 6.07) is 9.99. The van der Waals surface area contributed by atoms with E-state index < -0.39 is 0 Å². The van der Waals surface area contributed by atoms with Gasteiger partial charge in [0, 0.05) is 17.8 Å². The highest BCUT2D eigenvalue weighted by atomic mass is 32.1. The van der Waals surface area contributed by atoms with Crippen LogP contribution in [0.5, 0.6) is 0 Å². The number of anilines is 1. The number of nitrogens with one attached hydrogen (secondary N) is 1. The van der Waals surface area contributed by atoms with Gasteiger partial charge in [0.15, 0.2) is 0 Å². The lowest BCUT2D eigenvalue weighted by Gasteiger charge is -2.43. The van der Waals surface area contributed by atoms with Crippen LogP contribution in [0.4, 0.5) is 5.69 Å². The Morgan fingerprint density at radius 2 is 2.15 bits per heavy atom. The van der Waals surface area contributed by atoms with Crippen molar-refractivity contribution in [2.75, 3.05) is 11.4 Å². The molecule has 0 bridgehead atoms. The molecule has 1 aromatic heterocycles. The van der Waals surface area contributed by atoms with Crippen LogP contribution in [-0.4, -0.2) is 24.2 Å². The van der Waals surface area contributed by atoms with Gasteiger partial charge in [0.05, 0.1) is 16.6 Å². The van der Waals surface area contributed by atoms with Gasteiger partial charge in [-0.3, -0.25) is 4.79 Å². The van der Waals surface area contributed by atoms with Crippen LogP contribution in [0.15, 0.2) is 46.9 Å². The molecule has 1 aliphatic rings. The van der Waals surface area contributed by atoms with Gasteiger partial charge in [-0.25, -0.2) is 5.43 Å². The molecule has 0 fully saturated rings. The number of benzene rings is 1. The first kappa shape index (κ1) is 18.4. The molecule has 0 atom stereocenters. The molecule has 5 heteroatoms. The molecular weight excluding hydrogens is 342 g/mol. The minimum Gasteiger partial charge on any atom is -0.362 e. The standard InChI is InChI=1S/C21H25N3OS/c1-5-10-24-18-9-8-16(12-17(18)15(2)13-21(24,3)4)14-22-23-20(25)19-7-6-11-26-19/h6-9,11-14H,5,10H2,1-4H3,(H,23,25)/b22-14+. The van der Waals surface area contributed by atoms with Crippen LogP contribution in [0.25, 0.3) is 5.57 Å². The highest BCUT2D eigenvalue weighted by molar-refractivity contribution is 7.12. The van der Waals surface area contributed by atoms with Gasteiger partial charge in [-0.1, -0.05) is 25.1 Å². The van der Waals surface area contributed by atoms with E-state index in [-0.39, 0.29) is 11.4 Å². The summed E-state index contributed by atoms with van der Waals surface area (Å²) in [5.74, 6) is -0.179. The van der Waals surface area contributed by atoms with E-state index in [1.54, 1.807) is 12.3 Å². The SMILES string of the molecule is CCCN1c2ccc(/C=N/NC(=O)c3cccs3)cc2C(C)=CC1(C)C. The molecule has 0 saturated carbocycles. The predicted octanol–water partition coefficient (Wildman–Crippen LogP) is 4.92. The largest absolute Gasteiger partial charge is 0.362 e. The topological polar surface area (TPSA) is 44.7 Å². The number of carbonyl (C=O) groups excluding carboxylic acids is 1. The van der Waals surface area contributed by atoms with Crippen molar-refractivity contribution in [2.45, 2.75) is 39.7 Å². The van der Waals surface area contributed by atoms with Crippen LogP contribution in [0, 0.1) is 0 Å². The van der Waals surface area contributed by atoms with Crippen molar-refractivity contribution in [1.82, 2.24) is 5.43 Å². The van der Waals surface area contributed by atoms with Crippen LogP contribution in [-0.2, 0) is 0 Å². The van der Waals surface area contributed by atoms with Crippen LogP contribution in [0.3, 0.4) is 0 Å². The quantitative estimate of drug-likeness (QED) is 0.602. The molecule has 26 heavy (non-hydrogen) atoms. The highest BCUT2D eigenvalue weighted by Gasteiger charge is 2.30. The zero-order valence-electron chi connectivity index (χ0n) is 15.7. The Hall–Kier alpha value is -2.40. The number of rotatable bonds is 5. The molecule has 0 saturated heterocycles. The highest BCUT2D eigenvalue weighted by Crippen LogP contribution is 2.39. The molecule has 0 radical (unpaired) electrons.